The average molecular weight is 338 g/mol. The van der Waals surface area contributed by atoms with Crippen molar-refractivity contribution in [1.82, 2.24) is 24.3 Å². The fourth-order valence-electron chi connectivity index (χ4n) is 3.23. The number of rotatable bonds is 4. The van der Waals surface area contributed by atoms with Crippen LogP contribution in [-0.2, 0) is 0 Å². The van der Waals surface area contributed by atoms with Crippen molar-refractivity contribution in [3.8, 4) is 0 Å². The maximum absolute atomic E-state index is 4.56. The molecule has 130 valence electrons. The van der Waals surface area contributed by atoms with E-state index in [0.29, 0.717) is 6.04 Å². The molecule has 0 amide bonds. The predicted molar refractivity (Wildman–Crippen MR) is 98.2 cm³/mol. The molecule has 1 aliphatic heterocycles. The van der Waals surface area contributed by atoms with E-state index in [9.17, 15) is 0 Å². The van der Waals surface area contributed by atoms with E-state index in [1.54, 1.807) is 6.33 Å². The second kappa shape index (κ2) is 6.54. The normalized spacial score (nSPS) is 17.7. The highest BCUT2D eigenvalue weighted by atomic mass is 15.2. The van der Waals surface area contributed by atoms with Crippen molar-refractivity contribution in [3.63, 3.8) is 0 Å². The SMILES string of the molecule is CN(C)c1cc(NC2CCCN(c3nccn4ccnc34)C2)ncn1. The molecule has 0 spiro atoms. The topological polar surface area (TPSA) is 74.5 Å². The molecule has 1 atom stereocenters. The van der Waals surface area contributed by atoms with Crippen LogP contribution in [0.25, 0.3) is 5.65 Å². The van der Waals surface area contributed by atoms with E-state index in [2.05, 4.69) is 30.2 Å². The van der Waals surface area contributed by atoms with Crippen LogP contribution in [-0.4, -0.2) is 57.6 Å². The van der Waals surface area contributed by atoms with E-state index in [1.165, 1.54) is 0 Å². The first-order valence-corrected chi connectivity index (χ1v) is 8.49. The molecule has 0 radical (unpaired) electrons. The summed E-state index contributed by atoms with van der Waals surface area (Å²) in [5.41, 5.74) is 0.903. The molecule has 1 unspecified atom stereocenters. The van der Waals surface area contributed by atoms with Gasteiger partial charge in [-0.2, -0.15) is 0 Å². The number of piperidine rings is 1. The molecule has 0 aliphatic carbocycles. The number of fused-ring (bicyclic) bond motifs is 1. The Labute approximate surface area is 146 Å². The minimum atomic E-state index is 0.315. The van der Waals surface area contributed by atoms with Gasteiger partial charge in [0.1, 0.15) is 18.0 Å². The van der Waals surface area contributed by atoms with E-state index < -0.39 is 0 Å². The molecule has 0 saturated carbocycles. The molecule has 3 aromatic rings. The van der Waals surface area contributed by atoms with Crippen molar-refractivity contribution < 1.29 is 0 Å². The van der Waals surface area contributed by atoms with E-state index in [4.69, 9.17) is 0 Å². The fraction of sp³-hybridized carbons (Fsp3) is 0.412. The summed E-state index contributed by atoms with van der Waals surface area (Å²) in [4.78, 5) is 21.9. The molecule has 4 heterocycles. The van der Waals surface area contributed by atoms with Crippen LogP contribution in [0.15, 0.2) is 37.2 Å². The summed E-state index contributed by atoms with van der Waals surface area (Å²) in [6.45, 7) is 1.87. The van der Waals surface area contributed by atoms with Gasteiger partial charge in [0.15, 0.2) is 11.5 Å². The summed E-state index contributed by atoms with van der Waals surface area (Å²) in [6.07, 6.45) is 11.3. The first-order chi connectivity index (χ1) is 12.2. The van der Waals surface area contributed by atoms with E-state index >= 15 is 0 Å². The third-order valence-corrected chi connectivity index (χ3v) is 4.48. The highest BCUT2D eigenvalue weighted by Crippen LogP contribution is 2.23. The summed E-state index contributed by atoms with van der Waals surface area (Å²) < 4.78 is 2.01. The van der Waals surface area contributed by atoms with Gasteiger partial charge in [-0.15, -0.1) is 0 Å². The maximum atomic E-state index is 4.56. The largest absolute Gasteiger partial charge is 0.365 e. The number of nitrogens with zero attached hydrogens (tertiary/aromatic N) is 7. The molecule has 1 fully saturated rings. The second-order valence-corrected chi connectivity index (χ2v) is 6.49. The number of hydrogen-bond acceptors (Lipinski definition) is 7. The molecule has 8 nitrogen and oxygen atoms in total. The lowest BCUT2D eigenvalue weighted by molar-refractivity contribution is 0.526. The van der Waals surface area contributed by atoms with Gasteiger partial charge in [0.25, 0.3) is 0 Å². The van der Waals surface area contributed by atoms with Crippen molar-refractivity contribution in [1.29, 1.82) is 0 Å². The van der Waals surface area contributed by atoms with Crippen molar-refractivity contribution in [2.75, 3.05) is 42.3 Å². The Morgan fingerprint density at radius 3 is 2.80 bits per heavy atom. The molecular formula is C17H22N8. The lowest BCUT2D eigenvalue weighted by Gasteiger charge is -2.34. The zero-order chi connectivity index (χ0) is 17.2. The van der Waals surface area contributed by atoms with Gasteiger partial charge in [-0.3, -0.25) is 0 Å². The van der Waals surface area contributed by atoms with Crippen molar-refractivity contribution >= 4 is 23.1 Å². The molecule has 25 heavy (non-hydrogen) atoms. The highest BCUT2D eigenvalue weighted by molar-refractivity contribution is 5.64. The first-order valence-electron chi connectivity index (χ1n) is 8.49. The second-order valence-electron chi connectivity index (χ2n) is 6.49. The van der Waals surface area contributed by atoms with Crippen molar-refractivity contribution in [3.05, 3.63) is 37.2 Å². The van der Waals surface area contributed by atoms with Crippen LogP contribution < -0.4 is 15.1 Å². The van der Waals surface area contributed by atoms with Gasteiger partial charge in [-0.1, -0.05) is 0 Å². The van der Waals surface area contributed by atoms with E-state index in [0.717, 1.165) is 49.0 Å². The first kappa shape index (κ1) is 15.6. The Bertz CT molecular complexity index is 858. The molecule has 1 aliphatic rings. The van der Waals surface area contributed by atoms with E-state index in [1.807, 2.05) is 54.2 Å². The molecule has 4 rings (SSSR count). The monoisotopic (exact) mass is 338 g/mol. The molecule has 0 aromatic carbocycles. The summed E-state index contributed by atoms with van der Waals surface area (Å²) in [7, 11) is 3.95. The van der Waals surface area contributed by atoms with Crippen molar-refractivity contribution in [2.24, 2.45) is 0 Å². The molecule has 0 bridgehead atoms. The van der Waals surface area contributed by atoms with Crippen LogP contribution in [0.2, 0.25) is 0 Å². The average Bonchev–Trinajstić information content (AvgIpc) is 3.11. The van der Waals surface area contributed by atoms with Crippen LogP contribution in [0.1, 0.15) is 12.8 Å². The van der Waals surface area contributed by atoms with Gasteiger partial charge in [-0.25, -0.2) is 19.9 Å². The lowest BCUT2D eigenvalue weighted by atomic mass is 10.1. The molecular weight excluding hydrogens is 316 g/mol. The standard InChI is InChI=1S/C17H22N8/c1-23(2)15-10-14(20-12-21-15)22-13-4-3-7-25(11-13)17-16-18-5-8-24(16)9-6-19-17/h5-6,8-10,12-13H,3-4,7,11H2,1-2H3,(H,20,21,22). The number of nitrogens with one attached hydrogen (secondary N) is 1. The zero-order valence-electron chi connectivity index (χ0n) is 14.5. The number of aromatic nitrogens is 5. The van der Waals surface area contributed by atoms with Gasteiger partial charge in [0, 0.05) is 64.1 Å². The van der Waals surface area contributed by atoms with Crippen LogP contribution in [0.5, 0.6) is 0 Å². The number of hydrogen-bond donors (Lipinski definition) is 1. The van der Waals surface area contributed by atoms with Gasteiger partial charge in [-0.05, 0) is 12.8 Å². The van der Waals surface area contributed by atoms with E-state index in [-0.39, 0.29) is 0 Å². The molecule has 8 heteroatoms. The Morgan fingerprint density at radius 1 is 1.12 bits per heavy atom. The Balaban J connectivity index is 1.51. The smallest absolute Gasteiger partial charge is 0.180 e. The van der Waals surface area contributed by atoms with Gasteiger partial charge in [0.2, 0.25) is 0 Å². The zero-order valence-corrected chi connectivity index (χ0v) is 14.5. The summed E-state index contributed by atoms with van der Waals surface area (Å²) in [6, 6.07) is 2.29. The van der Waals surface area contributed by atoms with Crippen LogP contribution >= 0.6 is 0 Å². The predicted octanol–water partition coefficient (Wildman–Crippen LogP) is 1.67. The number of imidazole rings is 1. The Kier molecular flexibility index (Phi) is 4.09. The summed E-state index contributed by atoms with van der Waals surface area (Å²) in [5, 5.41) is 3.54. The third-order valence-electron chi connectivity index (χ3n) is 4.48. The number of anilines is 3. The van der Waals surface area contributed by atoms with Crippen LogP contribution in [0.3, 0.4) is 0 Å². The minimum Gasteiger partial charge on any atom is -0.365 e. The molecule has 3 aromatic heterocycles. The third kappa shape index (κ3) is 3.19. The Hall–Kier alpha value is -2.90. The summed E-state index contributed by atoms with van der Waals surface area (Å²) >= 11 is 0. The van der Waals surface area contributed by atoms with Gasteiger partial charge >= 0.3 is 0 Å². The van der Waals surface area contributed by atoms with Crippen LogP contribution in [0.4, 0.5) is 17.5 Å². The highest BCUT2D eigenvalue weighted by Gasteiger charge is 2.23. The van der Waals surface area contributed by atoms with Gasteiger partial charge < -0.3 is 19.5 Å². The van der Waals surface area contributed by atoms with Crippen molar-refractivity contribution in [2.45, 2.75) is 18.9 Å². The van der Waals surface area contributed by atoms with Gasteiger partial charge in [0.05, 0.1) is 0 Å². The maximum Gasteiger partial charge on any atom is 0.180 e. The minimum absolute atomic E-state index is 0.315. The Morgan fingerprint density at radius 2 is 1.96 bits per heavy atom. The molecule has 1 saturated heterocycles. The lowest BCUT2D eigenvalue weighted by Crippen LogP contribution is -2.42. The molecule has 1 N–H and O–H groups in total. The van der Waals surface area contributed by atoms with Crippen LogP contribution in [0, 0.1) is 0 Å². The fourth-order valence-corrected chi connectivity index (χ4v) is 3.23. The summed E-state index contributed by atoms with van der Waals surface area (Å²) in [5.74, 6) is 2.70. The quantitative estimate of drug-likeness (QED) is 0.775.